The smallest absolute Gasteiger partial charge is 0.287 e. The number of amides is 1. The molecular weight excluding hydrogens is 354 g/mol. The number of ether oxygens (including phenoxy) is 1. The van der Waals surface area contributed by atoms with Crippen molar-refractivity contribution >= 4 is 26.7 Å². The fourth-order valence-electron chi connectivity index (χ4n) is 3.64. The standard InChI is InChI=1S/C19H25NO5S/c1-24-17-11-5-3-4-9-15(17)20-19(21)18-14(12-26(2,22)23)13-8-6-7-10-16(13)25-18/h6-8,10,15,17H,3-5,9,11-12H2,1-2H3,(H,20,21). The van der Waals surface area contributed by atoms with Gasteiger partial charge in [0.1, 0.15) is 5.58 Å². The van der Waals surface area contributed by atoms with Gasteiger partial charge in [-0.15, -0.1) is 0 Å². The summed E-state index contributed by atoms with van der Waals surface area (Å²) in [6, 6.07) is 7.01. The molecule has 0 spiro atoms. The molecule has 142 valence electrons. The molecule has 1 aromatic heterocycles. The van der Waals surface area contributed by atoms with Gasteiger partial charge in [-0.1, -0.05) is 37.5 Å². The summed E-state index contributed by atoms with van der Waals surface area (Å²) in [6.07, 6.45) is 6.09. The Morgan fingerprint density at radius 2 is 1.96 bits per heavy atom. The number of furan rings is 1. The van der Waals surface area contributed by atoms with E-state index in [0.29, 0.717) is 16.5 Å². The third-order valence-corrected chi connectivity index (χ3v) is 5.70. The minimum Gasteiger partial charge on any atom is -0.451 e. The van der Waals surface area contributed by atoms with Crippen LogP contribution in [-0.4, -0.2) is 39.8 Å². The van der Waals surface area contributed by atoms with E-state index < -0.39 is 9.84 Å². The molecule has 1 heterocycles. The van der Waals surface area contributed by atoms with Crippen LogP contribution >= 0.6 is 0 Å². The largest absolute Gasteiger partial charge is 0.451 e. The van der Waals surface area contributed by atoms with Gasteiger partial charge in [-0.2, -0.15) is 0 Å². The van der Waals surface area contributed by atoms with Crippen LogP contribution in [0.5, 0.6) is 0 Å². The number of hydrogen-bond acceptors (Lipinski definition) is 5. The zero-order valence-corrected chi connectivity index (χ0v) is 16.0. The predicted molar refractivity (Wildman–Crippen MR) is 99.9 cm³/mol. The van der Waals surface area contributed by atoms with Crippen LogP contribution in [0.3, 0.4) is 0 Å². The van der Waals surface area contributed by atoms with Crippen molar-refractivity contribution in [3.8, 4) is 0 Å². The van der Waals surface area contributed by atoms with Gasteiger partial charge in [0.15, 0.2) is 15.6 Å². The Hall–Kier alpha value is -1.86. The number of nitrogens with one attached hydrogen (secondary N) is 1. The quantitative estimate of drug-likeness (QED) is 0.807. The van der Waals surface area contributed by atoms with Crippen LogP contribution in [0, 0.1) is 0 Å². The maximum Gasteiger partial charge on any atom is 0.287 e. The molecule has 1 aromatic carbocycles. The molecule has 0 radical (unpaired) electrons. The molecule has 0 saturated heterocycles. The Labute approximate surface area is 153 Å². The van der Waals surface area contributed by atoms with E-state index >= 15 is 0 Å². The van der Waals surface area contributed by atoms with Crippen LogP contribution in [-0.2, 0) is 20.3 Å². The number of fused-ring (bicyclic) bond motifs is 1. The van der Waals surface area contributed by atoms with Crippen molar-refractivity contribution in [1.29, 1.82) is 0 Å². The Morgan fingerprint density at radius 3 is 2.69 bits per heavy atom. The molecule has 6 nitrogen and oxygen atoms in total. The van der Waals surface area contributed by atoms with Crippen molar-refractivity contribution in [2.24, 2.45) is 0 Å². The number of rotatable bonds is 5. The third-order valence-electron chi connectivity index (χ3n) is 4.88. The lowest BCUT2D eigenvalue weighted by atomic mass is 10.1. The second kappa shape index (κ2) is 7.80. The number of benzene rings is 1. The highest BCUT2D eigenvalue weighted by atomic mass is 32.2. The van der Waals surface area contributed by atoms with Gasteiger partial charge < -0.3 is 14.5 Å². The van der Waals surface area contributed by atoms with Gasteiger partial charge in [0, 0.05) is 24.3 Å². The SMILES string of the molecule is COC1CCCCCC1NC(=O)c1oc2ccccc2c1CS(C)(=O)=O. The minimum absolute atomic E-state index is 0.0378. The second-order valence-corrected chi connectivity index (χ2v) is 9.11. The van der Waals surface area contributed by atoms with E-state index in [1.54, 1.807) is 31.4 Å². The molecule has 2 aromatic rings. The topological polar surface area (TPSA) is 85.6 Å². The number of carbonyl (C=O) groups is 1. The van der Waals surface area contributed by atoms with E-state index in [0.717, 1.165) is 38.4 Å². The minimum atomic E-state index is -3.31. The molecular formula is C19H25NO5S. The number of para-hydroxylation sites is 1. The highest BCUT2D eigenvalue weighted by molar-refractivity contribution is 7.89. The highest BCUT2D eigenvalue weighted by Gasteiger charge is 2.29. The van der Waals surface area contributed by atoms with Crippen molar-refractivity contribution in [1.82, 2.24) is 5.32 Å². The normalized spacial score (nSPS) is 21.5. The Bertz CT molecular complexity index is 886. The zero-order chi connectivity index (χ0) is 18.7. The molecule has 0 aliphatic heterocycles. The molecule has 3 rings (SSSR count). The van der Waals surface area contributed by atoms with E-state index in [1.165, 1.54) is 0 Å². The van der Waals surface area contributed by atoms with Crippen molar-refractivity contribution in [2.75, 3.05) is 13.4 Å². The summed E-state index contributed by atoms with van der Waals surface area (Å²) >= 11 is 0. The molecule has 1 aliphatic rings. The van der Waals surface area contributed by atoms with Gasteiger partial charge in [0.2, 0.25) is 0 Å². The summed E-state index contributed by atoms with van der Waals surface area (Å²) in [4.78, 5) is 12.9. The number of carbonyl (C=O) groups excluding carboxylic acids is 1. The van der Waals surface area contributed by atoms with Gasteiger partial charge >= 0.3 is 0 Å². The van der Waals surface area contributed by atoms with Gasteiger partial charge in [-0.05, 0) is 18.9 Å². The molecule has 1 saturated carbocycles. The zero-order valence-electron chi connectivity index (χ0n) is 15.2. The molecule has 0 bridgehead atoms. The van der Waals surface area contributed by atoms with Crippen molar-refractivity contribution in [3.05, 3.63) is 35.6 Å². The number of methoxy groups -OCH3 is 1. The fraction of sp³-hybridized carbons (Fsp3) is 0.526. The van der Waals surface area contributed by atoms with Crippen LogP contribution in [0.25, 0.3) is 11.0 Å². The van der Waals surface area contributed by atoms with Gasteiger partial charge in [-0.3, -0.25) is 4.79 Å². The van der Waals surface area contributed by atoms with E-state index in [9.17, 15) is 13.2 Å². The van der Waals surface area contributed by atoms with Crippen LogP contribution < -0.4 is 5.32 Å². The van der Waals surface area contributed by atoms with Gasteiger partial charge in [-0.25, -0.2) is 8.42 Å². The summed E-state index contributed by atoms with van der Waals surface area (Å²) in [5.74, 6) is -0.532. The van der Waals surface area contributed by atoms with Crippen molar-refractivity contribution < 1.29 is 22.4 Å². The van der Waals surface area contributed by atoms with Crippen LogP contribution in [0.4, 0.5) is 0 Å². The van der Waals surface area contributed by atoms with Crippen molar-refractivity contribution in [2.45, 2.75) is 50.0 Å². The monoisotopic (exact) mass is 379 g/mol. The molecule has 1 N–H and O–H groups in total. The maximum absolute atomic E-state index is 12.9. The fourth-order valence-corrected chi connectivity index (χ4v) is 4.45. The summed E-state index contributed by atoms with van der Waals surface area (Å²) in [5, 5.41) is 3.67. The average molecular weight is 379 g/mol. The third kappa shape index (κ3) is 4.27. The summed E-state index contributed by atoms with van der Waals surface area (Å²) in [5.41, 5.74) is 0.934. The first-order valence-electron chi connectivity index (χ1n) is 8.91. The van der Waals surface area contributed by atoms with E-state index in [-0.39, 0.29) is 29.6 Å². The molecule has 1 fully saturated rings. The molecule has 7 heteroatoms. The molecule has 1 amide bonds. The molecule has 2 unspecified atom stereocenters. The number of hydrogen-bond donors (Lipinski definition) is 1. The lowest BCUT2D eigenvalue weighted by molar-refractivity contribution is 0.0558. The lowest BCUT2D eigenvalue weighted by Crippen LogP contribution is -2.43. The van der Waals surface area contributed by atoms with Crippen LogP contribution in [0.1, 0.15) is 48.2 Å². The first-order valence-corrected chi connectivity index (χ1v) is 11.0. The summed E-state index contributed by atoms with van der Waals surface area (Å²) < 4.78 is 35.0. The molecule has 2 atom stereocenters. The van der Waals surface area contributed by atoms with Gasteiger partial charge in [0.25, 0.3) is 5.91 Å². The Kier molecular flexibility index (Phi) is 5.67. The first kappa shape index (κ1) is 18.9. The van der Waals surface area contributed by atoms with E-state index in [4.69, 9.17) is 9.15 Å². The first-order chi connectivity index (χ1) is 12.4. The Morgan fingerprint density at radius 1 is 1.23 bits per heavy atom. The predicted octanol–water partition coefficient (Wildman–Crippen LogP) is 3.05. The lowest BCUT2D eigenvalue weighted by Gasteiger charge is -2.24. The van der Waals surface area contributed by atoms with Crippen molar-refractivity contribution in [3.63, 3.8) is 0 Å². The van der Waals surface area contributed by atoms with Crippen LogP contribution in [0.2, 0.25) is 0 Å². The van der Waals surface area contributed by atoms with E-state index in [1.807, 2.05) is 0 Å². The summed E-state index contributed by atoms with van der Waals surface area (Å²) in [6.45, 7) is 0. The molecule has 26 heavy (non-hydrogen) atoms. The Balaban J connectivity index is 1.93. The van der Waals surface area contributed by atoms with E-state index in [2.05, 4.69) is 5.32 Å². The summed E-state index contributed by atoms with van der Waals surface area (Å²) in [7, 11) is -1.66. The molecule has 1 aliphatic carbocycles. The highest BCUT2D eigenvalue weighted by Crippen LogP contribution is 2.28. The van der Waals surface area contributed by atoms with Crippen LogP contribution in [0.15, 0.2) is 28.7 Å². The second-order valence-electron chi connectivity index (χ2n) is 6.97. The number of sulfone groups is 1. The maximum atomic E-state index is 12.9. The van der Waals surface area contributed by atoms with Gasteiger partial charge in [0.05, 0.1) is 17.9 Å². The average Bonchev–Trinajstić information content (AvgIpc) is 2.79.